The number of hydrogen-bond donors (Lipinski definition) is 1. The Morgan fingerprint density at radius 1 is 0.818 bits per heavy atom. The number of thioether (sulfide) groups is 1. The van der Waals surface area contributed by atoms with Crippen molar-refractivity contribution < 1.29 is 27.4 Å². The summed E-state index contributed by atoms with van der Waals surface area (Å²) < 4.78 is 22.7. The summed E-state index contributed by atoms with van der Waals surface area (Å²) >= 11 is 4.32. The standard InChI is InChI=1S/C23H41NO6S3/c1-8-22(9-2,29-32-16-12-14-28-21(26)19(6)7)33-30-23(10-3,17-24)31-15-11-13-27-20(25)18(4)5/h4,6,8-17,24H2,1-3,5,7H3. The fourth-order valence-electron chi connectivity index (χ4n) is 2.23. The number of ether oxygens (including phenoxy) is 2. The molecule has 0 saturated heterocycles. The van der Waals surface area contributed by atoms with Gasteiger partial charge in [0.25, 0.3) is 0 Å². The third-order valence-corrected chi connectivity index (χ3v) is 8.70. The van der Waals surface area contributed by atoms with Crippen LogP contribution in [0.2, 0.25) is 0 Å². The van der Waals surface area contributed by atoms with Gasteiger partial charge in [0.1, 0.15) is 4.93 Å². The summed E-state index contributed by atoms with van der Waals surface area (Å²) in [6.07, 6.45) is 3.65. The van der Waals surface area contributed by atoms with Crippen molar-refractivity contribution in [2.24, 2.45) is 5.73 Å². The molecule has 0 aliphatic rings. The summed E-state index contributed by atoms with van der Waals surface area (Å²) in [5.74, 6) is 0.704. The van der Waals surface area contributed by atoms with E-state index in [9.17, 15) is 9.59 Å². The first kappa shape index (κ1) is 32.4. The molecule has 7 nitrogen and oxygen atoms in total. The Morgan fingerprint density at radius 3 is 1.73 bits per heavy atom. The first-order chi connectivity index (χ1) is 15.6. The lowest BCUT2D eigenvalue weighted by molar-refractivity contribution is -0.139. The molecule has 0 fully saturated rings. The minimum atomic E-state index is -0.552. The van der Waals surface area contributed by atoms with Gasteiger partial charge in [-0.2, -0.15) is 0 Å². The molecule has 0 amide bonds. The van der Waals surface area contributed by atoms with Gasteiger partial charge in [-0.05, 0) is 63.7 Å². The highest BCUT2D eigenvalue weighted by molar-refractivity contribution is 8.02. The molecule has 1 unspecified atom stereocenters. The highest BCUT2D eigenvalue weighted by Gasteiger charge is 2.36. The van der Waals surface area contributed by atoms with Crippen molar-refractivity contribution >= 4 is 47.8 Å². The summed E-state index contributed by atoms with van der Waals surface area (Å²) in [6, 6.07) is 0. The van der Waals surface area contributed by atoms with Gasteiger partial charge in [0, 0.05) is 35.5 Å². The molecule has 0 bridgehead atoms. The molecule has 2 N–H and O–H groups in total. The van der Waals surface area contributed by atoms with E-state index in [1.165, 1.54) is 24.1 Å². The van der Waals surface area contributed by atoms with Crippen molar-refractivity contribution in [2.75, 3.05) is 31.3 Å². The Balaban J connectivity index is 4.58. The molecule has 0 aromatic carbocycles. The van der Waals surface area contributed by atoms with Crippen LogP contribution in [-0.4, -0.2) is 53.1 Å². The zero-order chi connectivity index (χ0) is 25.3. The van der Waals surface area contributed by atoms with Gasteiger partial charge in [0.05, 0.1) is 13.2 Å². The summed E-state index contributed by atoms with van der Waals surface area (Å²) in [5.41, 5.74) is 6.88. The van der Waals surface area contributed by atoms with Crippen molar-refractivity contribution in [3.63, 3.8) is 0 Å². The Morgan fingerprint density at radius 2 is 1.30 bits per heavy atom. The third-order valence-electron chi connectivity index (χ3n) is 4.67. The molecule has 33 heavy (non-hydrogen) atoms. The van der Waals surface area contributed by atoms with Crippen LogP contribution in [0, 0.1) is 0 Å². The molecule has 0 aromatic heterocycles. The number of carbonyl (C=O) groups excluding carboxylic acids is 2. The maximum Gasteiger partial charge on any atom is 0.333 e. The van der Waals surface area contributed by atoms with Crippen LogP contribution in [0.3, 0.4) is 0 Å². The molecular weight excluding hydrogens is 482 g/mol. The van der Waals surface area contributed by atoms with Gasteiger partial charge in [0.2, 0.25) is 0 Å². The van der Waals surface area contributed by atoms with Gasteiger partial charge in [-0.15, -0.1) is 11.8 Å². The number of hydrogen-bond acceptors (Lipinski definition) is 10. The van der Waals surface area contributed by atoms with Crippen LogP contribution in [0.1, 0.15) is 66.7 Å². The minimum Gasteiger partial charge on any atom is -0.462 e. The maximum atomic E-state index is 11.5. The topological polar surface area (TPSA) is 97.1 Å². The summed E-state index contributed by atoms with van der Waals surface area (Å²) in [6.45, 7) is 17.6. The maximum absolute atomic E-state index is 11.5. The van der Waals surface area contributed by atoms with Crippen molar-refractivity contribution in [2.45, 2.75) is 76.6 Å². The predicted molar refractivity (Wildman–Crippen MR) is 141 cm³/mol. The first-order valence-corrected chi connectivity index (χ1v) is 13.9. The van der Waals surface area contributed by atoms with E-state index in [1.807, 2.05) is 6.92 Å². The van der Waals surface area contributed by atoms with E-state index in [4.69, 9.17) is 23.6 Å². The molecule has 0 saturated carbocycles. The predicted octanol–water partition coefficient (Wildman–Crippen LogP) is 5.65. The van der Waals surface area contributed by atoms with Gasteiger partial charge in [-0.25, -0.2) is 9.59 Å². The van der Waals surface area contributed by atoms with Gasteiger partial charge in [-0.1, -0.05) is 33.9 Å². The Hall–Kier alpha value is -0.650. The van der Waals surface area contributed by atoms with Crippen LogP contribution >= 0.6 is 35.8 Å². The smallest absolute Gasteiger partial charge is 0.333 e. The Kier molecular flexibility index (Phi) is 17.4. The lowest BCUT2D eigenvalue weighted by Crippen LogP contribution is -2.38. The lowest BCUT2D eigenvalue weighted by atomic mass is 10.2. The van der Waals surface area contributed by atoms with Gasteiger partial charge in [0.15, 0.2) is 4.93 Å². The van der Waals surface area contributed by atoms with Gasteiger partial charge >= 0.3 is 11.9 Å². The lowest BCUT2D eigenvalue weighted by Gasteiger charge is -2.36. The van der Waals surface area contributed by atoms with Crippen LogP contribution < -0.4 is 5.73 Å². The zero-order valence-corrected chi connectivity index (χ0v) is 23.2. The molecular formula is C23H41NO6S3. The van der Waals surface area contributed by atoms with Crippen LogP contribution in [0.4, 0.5) is 0 Å². The van der Waals surface area contributed by atoms with E-state index < -0.39 is 9.87 Å². The largest absolute Gasteiger partial charge is 0.462 e. The normalized spacial score (nSPS) is 13.3. The van der Waals surface area contributed by atoms with Crippen LogP contribution in [-0.2, 0) is 27.4 Å². The molecule has 0 spiro atoms. The number of nitrogens with two attached hydrogens (primary N) is 1. The summed E-state index contributed by atoms with van der Waals surface area (Å²) in [5, 5.41) is 0. The Bertz CT molecular complexity index is 621. The third kappa shape index (κ3) is 13.1. The SMILES string of the molecule is C=C(C)C(=O)OCCCSOC(CC)(CC)SOC(CC)(CN)SCCCOC(=O)C(=C)C. The van der Waals surface area contributed by atoms with E-state index in [1.54, 1.807) is 25.6 Å². The van der Waals surface area contributed by atoms with Crippen molar-refractivity contribution in [3.05, 3.63) is 24.3 Å². The van der Waals surface area contributed by atoms with E-state index in [0.29, 0.717) is 49.5 Å². The molecule has 0 aliphatic heterocycles. The van der Waals surface area contributed by atoms with Crippen LogP contribution in [0.5, 0.6) is 0 Å². The second-order valence-corrected chi connectivity index (χ2v) is 10.9. The van der Waals surface area contributed by atoms with Gasteiger partial charge < -0.3 is 15.2 Å². The molecule has 0 radical (unpaired) electrons. The number of carbonyl (C=O) groups is 2. The average molecular weight is 524 g/mol. The number of rotatable bonds is 20. The van der Waals surface area contributed by atoms with E-state index >= 15 is 0 Å². The highest BCUT2D eigenvalue weighted by atomic mass is 32.2. The summed E-state index contributed by atoms with van der Waals surface area (Å²) in [4.78, 5) is 21.8. The van der Waals surface area contributed by atoms with Crippen molar-refractivity contribution in [1.82, 2.24) is 0 Å². The second-order valence-electron chi connectivity index (χ2n) is 7.55. The summed E-state index contributed by atoms with van der Waals surface area (Å²) in [7, 11) is 0. The van der Waals surface area contributed by atoms with Gasteiger partial charge in [-0.3, -0.25) is 8.37 Å². The van der Waals surface area contributed by atoms with Crippen molar-refractivity contribution in [1.29, 1.82) is 0 Å². The molecule has 0 rings (SSSR count). The quantitative estimate of drug-likeness (QED) is 0.0709. The molecule has 0 heterocycles. The molecule has 192 valence electrons. The average Bonchev–Trinajstić information content (AvgIpc) is 2.81. The molecule has 1 atom stereocenters. The first-order valence-electron chi connectivity index (χ1n) is 11.3. The molecule has 0 aromatic rings. The fourth-order valence-corrected chi connectivity index (χ4v) is 5.23. The highest BCUT2D eigenvalue weighted by Crippen LogP contribution is 2.44. The van der Waals surface area contributed by atoms with Crippen LogP contribution in [0.15, 0.2) is 24.3 Å². The van der Waals surface area contributed by atoms with E-state index in [2.05, 4.69) is 27.0 Å². The Labute approximate surface area is 212 Å². The van der Waals surface area contributed by atoms with Crippen molar-refractivity contribution in [3.8, 4) is 0 Å². The van der Waals surface area contributed by atoms with Crippen LogP contribution in [0.25, 0.3) is 0 Å². The fraction of sp³-hybridized carbons (Fsp3) is 0.739. The van der Waals surface area contributed by atoms with E-state index in [-0.39, 0.29) is 11.9 Å². The monoisotopic (exact) mass is 523 g/mol. The molecule has 10 heteroatoms. The molecule has 0 aliphatic carbocycles. The van der Waals surface area contributed by atoms with E-state index in [0.717, 1.165) is 25.0 Å². The second kappa shape index (κ2) is 17.7. The minimum absolute atomic E-state index is 0.335. The zero-order valence-electron chi connectivity index (χ0n) is 20.7. The number of esters is 2.